The second-order valence-electron chi connectivity index (χ2n) is 4.91. The van der Waals surface area contributed by atoms with Crippen LogP contribution in [0.25, 0.3) is 11.1 Å². The van der Waals surface area contributed by atoms with Crippen LogP contribution in [0, 0.1) is 5.82 Å². The lowest BCUT2D eigenvalue weighted by molar-refractivity contribution is 0.0588. The van der Waals surface area contributed by atoms with Crippen molar-refractivity contribution in [2.24, 2.45) is 0 Å². The van der Waals surface area contributed by atoms with Gasteiger partial charge in [0.15, 0.2) is 0 Å². The molecule has 0 N–H and O–H groups in total. The van der Waals surface area contributed by atoms with E-state index in [9.17, 15) is 14.0 Å². The van der Waals surface area contributed by atoms with Gasteiger partial charge in [0.1, 0.15) is 11.4 Å². The first-order valence-corrected chi connectivity index (χ1v) is 6.65. The van der Waals surface area contributed by atoms with Crippen molar-refractivity contribution in [1.29, 1.82) is 0 Å². The van der Waals surface area contributed by atoms with Gasteiger partial charge in [0, 0.05) is 19.7 Å². The first-order chi connectivity index (χ1) is 10.5. The van der Waals surface area contributed by atoms with Crippen molar-refractivity contribution in [3.8, 4) is 11.1 Å². The first-order valence-electron chi connectivity index (χ1n) is 6.65. The number of amides is 1. The summed E-state index contributed by atoms with van der Waals surface area (Å²) >= 11 is 0. The Kier molecular flexibility index (Phi) is 4.56. The van der Waals surface area contributed by atoms with E-state index < -0.39 is 17.7 Å². The van der Waals surface area contributed by atoms with E-state index in [4.69, 9.17) is 0 Å². The van der Waals surface area contributed by atoms with Gasteiger partial charge in [-0.05, 0) is 11.6 Å². The number of carbonyl (C=O) groups excluding carboxylic acids is 2. The molecular formula is C17H16FNO3. The number of esters is 1. The van der Waals surface area contributed by atoms with Crippen LogP contribution in [0.1, 0.15) is 20.7 Å². The Labute approximate surface area is 128 Å². The third-order valence-corrected chi connectivity index (χ3v) is 3.25. The van der Waals surface area contributed by atoms with Gasteiger partial charge in [-0.25, -0.2) is 9.18 Å². The van der Waals surface area contributed by atoms with Crippen LogP contribution in [0.4, 0.5) is 4.39 Å². The van der Waals surface area contributed by atoms with Gasteiger partial charge in [-0.1, -0.05) is 36.4 Å². The Morgan fingerprint density at radius 3 is 2.23 bits per heavy atom. The number of ether oxygens (including phenoxy) is 1. The standard InChI is InChI=1S/C17H16FNO3/c1-19(2)16(20)13-10-9-12(11-7-5-4-6-8-11)15(18)14(13)17(21)22-3/h4-10H,1-3H3. The van der Waals surface area contributed by atoms with Crippen molar-refractivity contribution in [2.45, 2.75) is 0 Å². The van der Waals surface area contributed by atoms with Crippen LogP contribution in [0.2, 0.25) is 0 Å². The highest BCUT2D eigenvalue weighted by atomic mass is 19.1. The van der Waals surface area contributed by atoms with Crippen LogP contribution in [0.3, 0.4) is 0 Å². The van der Waals surface area contributed by atoms with Crippen LogP contribution in [-0.4, -0.2) is 38.0 Å². The number of halogens is 1. The third kappa shape index (κ3) is 2.83. The Bertz CT molecular complexity index is 711. The smallest absolute Gasteiger partial charge is 0.341 e. The van der Waals surface area contributed by atoms with Crippen molar-refractivity contribution in [1.82, 2.24) is 4.90 Å². The Hall–Kier alpha value is -2.69. The lowest BCUT2D eigenvalue weighted by Gasteiger charge is -2.15. The van der Waals surface area contributed by atoms with Crippen molar-refractivity contribution in [2.75, 3.05) is 21.2 Å². The van der Waals surface area contributed by atoms with Gasteiger partial charge in [-0.2, -0.15) is 0 Å². The quantitative estimate of drug-likeness (QED) is 0.819. The van der Waals surface area contributed by atoms with E-state index in [2.05, 4.69) is 4.74 Å². The van der Waals surface area contributed by atoms with Gasteiger partial charge < -0.3 is 9.64 Å². The van der Waals surface area contributed by atoms with Gasteiger partial charge in [-0.3, -0.25) is 4.79 Å². The van der Waals surface area contributed by atoms with E-state index in [-0.39, 0.29) is 16.7 Å². The van der Waals surface area contributed by atoms with E-state index >= 15 is 0 Å². The van der Waals surface area contributed by atoms with Gasteiger partial charge in [0.25, 0.3) is 5.91 Å². The minimum atomic E-state index is -0.875. The largest absolute Gasteiger partial charge is 0.465 e. The topological polar surface area (TPSA) is 46.6 Å². The zero-order valence-corrected chi connectivity index (χ0v) is 12.6. The molecule has 114 valence electrons. The number of methoxy groups -OCH3 is 1. The molecule has 5 heteroatoms. The molecule has 0 saturated carbocycles. The molecule has 0 atom stereocenters. The second kappa shape index (κ2) is 6.39. The molecule has 0 unspecified atom stereocenters. The maximum absolute atomic E-state index is 14.8. The fraction of sp³-hybridized carbons (Fsp3) is 0.176. The number of hydrogen-bond acceptors (Lipinski definition) is 3. The van der Waals surface area contributed by atoms with Crippen LogP contribution < -0.4 is 0 Å². The summed E-state index contributed by atoms with van der Waals surface area (Å²) in [6.45, 7) is 0. The average molecular weight is 301 g/mol. The number of carbonyl (C=O) groups is 2. The lowest BCUT2D eigenvalue weighted by Crippen LogP contribution is -2.25. The van der Waals surface area contributed by atoms with Gasteiger partial charge in [-0.15, -0.1) is 0 Å². The summed E-state index contributed by atoms with van der Waals surface area (Å²) in [6, 6.07) is 11.7. The van der Waals surface area contributed by atoms with E-state index in [0.29, 0.717) is 5.56 Å². The summed E-state index contributed by atoms with van der Waals surface area (Å²) in [5.41, 5.74) is 0.502. The normalized spacial score (nSPS) is 10.2. The fourth-order valence-corrected chi connectivity index (χ4v) is 2.14. The van der Waals surface area contributed by atoms with Crippen LogP contribution in [0.15, 0.2) is 42.5 Å². The highest BCUT2D eigenvalue weighted by molar-refractivity contribution is 6.06. The zero-order chi connectivity index (χ0) is 16.3. The van der Waals surface area contributed by atoms with Crippen LogP contribution in [0.5, 0.6) is 0 Å². The molecule has 22 heavy (non-hydrogen) atoms. The first kappa shape index (κ1) is 15.7. The summed E-state index contributed by atoms with van der Waals surface area (Å²) in [6.07, 6.45) is 0. The molecule has 0 spiro atoms. The molecule has 2 aromatic rings. The molecule has 2 rings (SSSR count). The predicted molar refractivity (Wildman–Crippen MR) is 81.2 cm³/mol. The Morgan fingerprint density at radius 1 is 1.05 bits per heavy atom. The monoisotopic (exact) mass is 301 g/mol. The molecule has 0 bridgehead atoms. The maximum Gasteiger partial charge on any atom is 0.341 e. The third-order valence-electron chi connectivity index (χ3n) is 3.25. The number of benzene rings is 2. The molecule has 2 aromatic carbocycles. The Balaban J connectivity index is 2.68. The van der Waals surface area contributed by atoms with Gasteiger partial charge >= 0.3 is 5.97 Å². The molecule has 0 aromatic heterocycles. The van der Waals surface area contributed by atoms with E-state index in [0.717, 1.165) is 7.11 Å². The average Bonchev–Trinajstić information content (AvgIpc) is 2.53. The molecule has 4 nitrogen and oxygen atoms in total. The van der Waals surface area contributed by atoms with E-state index in [1.165, 1.54) is 31.1 Å². The van der Waals surface area contributed by atoms with E-state index in [1.54, 1.807) is 24.3 Å². The van der Waals surface area contributed by atoms with Crippen molar-refractivity contribution >= 4 is 11.9 Å². The number of nitrogens with zero attached hydrogens (tertiary/aromatic N) is 1. The van der Waals surface area contributed by atoms with Crippen molar-refractivity contribution < 1.29 is 18.7 Å². The summed E-state index contributed by atoms with van der Waals surface area (Å²) in [4.78, 5) is 25.4. The molecule has 0 aliphatic rings. The second-order valence-corrected chi connectivity index (χ2v) is 4.91. The zero-order valence-electron chi connectivity index (χ0n) is 12.6. The summed E-state index contributed by atoms with van der Waals surface area (Å²) in [7, 11) is 4.22. The summed E-state index contributed by atoms with van der Waals surface area (Å²) in [5, 5.41) is 0. The van der Waals surface area contributed by atoms with E-state index in [1.807, 2.05) is 6.07 Å². The van der Waals surface area contributed by atoms with Gasteiger partial charge in [0.2, 0.25) is 0 Å². The van der Waals surface area contributed by atoms with Crippen molar-refractivity contribution in [3.63, 3.8) is 0 Å². The number of hydrogen-bond donors (Lipinski definition) is 0. The Morgan fingerprint density at radius 2 is 1.68 bits per heavy atom. The van der Waals surface area contributed by atoms with Gasteiger partial charge in [0.05, 0.1) is 12.7 Å². The molecular weight excluding hydrogens is 285 g/mol. The van der Waals surface area contributed by atoms with Crippen molar-refractivity contribution in [3.05, 3.63) is 59.4 Å². The predicted octanol–water partition coefficient (Wildman–Crippen LogP) is 2.98. The summed E-state index contributed by atoms with van der Waals surface area (Å²) < 4.78 is 19.4. The van der Waals surface area contributed by atoms with Crippen LogP contribution >= 0.6 is 0 Å². The molecule has 0 radical (unpaired) electrons. The highest BCUT2D eigenvalue weighted by Crippen LogP contribution is 2.28. The minimum Gasteiger partial charge on any atom is -0.465 e. The van der Waals surface area contributed by atoms with Crippen LogP contribution in [-0.2, 0) is 4.74 Å². The molecule has 0 aliphatic heterocycles. The molecule has 0 fully saturated rings. The molecule has 0 heterocycles. The number of rotatable bonds is 3. The maximum atomic E-state index is 14.8. The SMILES string of the molecule is COC(=O)c1c(C(=O)N(C)C)ccc(-c2ccccc2)c1F. The molecule has 0 saturated heterocycles. The molecule has 0 aliphatic carbocycles. The minimum absolute atomic E-state index is 0.0194. The fourth-order valence-electron chi connectivity index (χ4n) is 2.14. The lowest BCUT2D eigenvalue weighted by atomic mass is 9.97. The summed E-state index contributed by atoms with van der Waals surface area (Å²) in [5.74, 6) is -2.09. The molecule has 1 amide bonds. The highest BCUT2D eigenvalue weighted by Gasteiger charge is 2.25.